The first kappa shape index (κ1) is 52.0. The topological polar surface area (TPSA) is 267 Å². The van der Waals surface area contributed by atoms with Crippen LogP contribution in [0.15, 0.2) is 30.3 Å². The van der Waals surface area contributed by atoms with Gasteiger partial charge in [-0.3, -0.25) is 33.6 Å². The molecule has 0 aliphatic heterocycles. The average molecular weight is 831 g/mol. The van der Waals surface area contributed by atoms with E-state index in [2.05, 4.69) is 37.2 Å². The van der Waals surface area contributed by atoms with Gasteiger partial charge in [0, 0.05) is 6.42 Å². The van der Waals surface area contributed by atoms with Crippen molar-refractivity contribution in [3.8, 4) is 0 Å². The molecule has 0 aliphatic carbocycles. The Morgan fingerprint density at radius 2 is 0.847 bits per heavy atom. The molecule has 0 aromatic heterocycles. The summed E-state index contributed by atoms with van der Waals surface area (Å²) in [6.07, 6.45) is 0.632. The summed E-state index contributed by atoms with van der Waals surface area (Å²) in [5, 5.41) is 28.2. The van der Waals surface area contributed by atoms with Crippen molar-refractivity contribution in [1.82, 2.24) is 37.2 Å². The predicted molar refractivity (Wildman–Crippen MR) is 224 cm³/mol. The van der Waals surface area contributed by atoms with Gasteiger partial charge in [0.2, 0.25) is 41.4 Å². The number of carbonyl (C=O) groups is 8. The van der Waals surface area contributed by atoms with Gasteiger partial charge in [-0.15, -0.1) is 0 Å². The lowest BCUT2D eigenvalue weighted by atomic mass is 9.97. The van der Waals surface area contributed by atoms with E-state index < -0.39 is 113 Å². The van der Waals surface area contributed by atoms with Gasteiger partial charge >= 0.3 is 5.97 Å². The fourth-order valence-corrected chi connectivity index (χ4v) is 6.06. The van der Waals surface area contributed by atoms with Crippen LogP contribution < -0.4 is 43.0 Å². The molecule has 0 heterocycles. The van der Waals surface area contributed by atoms with Gasteiger partial charge in [0.05, 0.1) is 6.04 Å². The molecule has 0 radical (unpaired) electrons. The van der Waals surface area contributed by atoms with E-state index in [1.165, 1.54) is 13.8 Å². The number of carboxylic acid groups (broad SMARTS) is 1. The summed E-state index contributed by atoms with van der Waals surface area (Å²) in [7, 11) is 0. The van der Waals surface area contributed by atoms with Crippen LogP contribution >= 0.6 is 0 Å². The fraction of sp³-hybridized carbons (Fsp3) is 0.667. The summed E-state index contributed by atoms with van der Waals surface area (Å²) in [6.45, 7) is 20.6. The molecule has 332 valence electrons. The molecule has 1 rings (SSSR count). The van der Waals surface area contributed by atoms with Crippen molar-refractivity contribution >= 4 is 47.3 Å². The Morgan fingerprint density at radius 3 is 1.27 bits per heavy atom. The number of benzene rings is 1. The van der Waals surface area contributed by atoms with E-state index in [-0.39, 0.29) is 24.7 Å². The van der Waals surface area contributed by atoms with Crippen LogP contribution in [0.3, 0.4) is 0 Å². The van der Waals surface area contributed by atoms with Crippen molar-refractivity contribution < 1.29 is 43.5 Å². The number of rotatable bonds is 24. The second kappa shape index (κ2) is 24.8. The minimum atomic E-state index is -1.26. The maximum atomic E-state index is 13.8. The molecule has 59 heavy (non-hydrogen) atoms. The Morgan fingerprint density at radius 1 is 0.475 bits per heavy atom. The van der Waals surface area contributed by atoms with E-state index in [0.29, 0.717) is 12.0 Å². The van der Waals surface area contributed by atoms with Crippen molar-refractivity contribution in [3.63, 3.8) is 0 Å². The van der Waals surface area contributed by atoms with Gasteiger partial charge in [0.1, 0.15) is 42.3 Å². The minimum Gasteiger partial charge on any atom is -0.480 e. The number of amides is 7. The van der Waals surface area contributed by atoms with E-state index in [1.54, 1.807) is 71.9 Å². The smallest absolute Gasteiger partial charge is 0.326 e. The SMILES string of the molecule is CC(C)C[C@H](NC(=O)[C@@H](NC(=O)[C@H](C)NC(=O)[C@H](C)NC(=O)[C@@H](N)CC(C)C)C(C)C)C(=O)N[C@H](C(=O)N[C@H](C(=O)N[C@@H](Cc1ccccc1)C(=O)O)C(C)C)C(C)C. The van der Waals surface area contributed by atoms with Crippen LogP contribution in [0, 0.1) is 29.6 Å². The highest BCUT2D eigenvalue weighted by atomic mass is 16.4. The third-order valence-corrected chi connectivity index (χ3v) is 9.54. The molecular weight excluding hydrogens is 761 g/mol. The summed E-state index contributed by atoms with van der Waals surface area (Å²) >= 11 is 0. The standard InChI is InChI=1S/C42H70N8O9/c1-21(2)18-29(43)37(53)45-26(11)35(51)44-27(12)36(52)48-32(23(5)6)39(55)46-30(19-22(3)4)38(54)49-34(25(9)10)41(57)50-33(24(7)8)40(56)47-31(42(58)59)20-28-16-14-13-15-17-28/h13-17,21-27,29-34H,18-20,43H2,1-12H3,(H,44,51)(H,45,53)(H,46,55)(H,47,56)(H,48,52)(H,49,54)(H,50,57)(H,58,59)/t26-,27-,29-,30-,31-,32-,33-,34-/m0/s1. The van der Waals surface area contributed by atoms with E-state index in [9.17, 15) is 43.5 Å². The van der Waals surface area contributed by atoms with E-state index >= 15 is 0 Å². The zero-order valence-corrected chi connectivity index (χ0v) is 36.8. The molecule has 0 bridgehead atoms. The minimum absolute atomic E-state index is 0.0279. The number of hydrogen-bond donors (Lipinski definition) is 9. The fourth-order valence-electron chi connectivity index (χ4n) is 6.06. The first-order valence-electron chi connectivity index (χ1n) is 20.5. The Kier molecular flexibility index (Phi) is 21.8. The molecule has 0 aliphatic rings. The maximum absolute atomic E-state index is 13.8. The van der Waals surface area contributed by atoms with Crippen LogP contribution in [-0.4, -0.2) is 101 Å². The van der Waals surface area contributed by atoms with E-state index in [0.717, 1.165) is 0 Å². The van der Waals surface area contributed by atoms with Gasteiger partial charge in [0.15, 0.2) is 0 Å². The van der Waals surface area contributed by atoms with Crippen LogP contribution in [0.1, 0.15) is 101 Å². The van der Waals surface area contributed by atoms with Gasteiger partial charge < -0.3 is 48.1 Å². The Labute approximate surface area is 349 Å². The summed E-state index contributed by atoms with van der Waals surface area (Å²) in [6, 6.07) is 0.117. The molecule has 17 nitrogen and oxygen atoms in total. The monoisotopic (exact) mass is 831 g/mol. The first-order chi connectivity index (χ1) is 27.3. The number of aliphatic carboxylic acids is 1. The van der Waals surface area contributed by atoms with Crippen LogP contribution in [0.25, 0.3) is 0 Å². The Balaban J connectivity index is 3.08. The Hall–Kier alpha value is -5.06. The quantitative estimate of drug-likeness (QED) is 0.0717. The summed E-state index contributed by atoms with van der Waals surface area (Å²) < 4.78 is 0. The molecular formula is C42H70N8O9. The highest BCUT2D eigenvalue weighted by Crippen LogP contribution is 2.13. The highest BCUT2D eigenvalue weighted by Gasteiger charge is 2.36. The van der Waals surface area contributed by atoms with Crippen LogP contribution in [0.4, 0.5) is 0 Å². The second-order valence-corrected chi connectivity index (χ2v) is 17.2. The average Bonchev–Trinajstić information content (AvgIpc) is 3.13. The van der Waals surface area contributed by atoms with Crippen LogP contribution in [-0.2, 0) is 44.8 Å². The molecule has 0 fully saturated rings. The van der Waals surface area contributed by atoms with Crippen molar-refractivity contribution in [1.29, 1.82) is 0 Å². The predicted octanol–water partition coefficient (Wildman–Crippen LogP) is 1.13. The summed E-state index contributed by atoms with van der Waals surface area (Å²) in [5.74, 6) is -7.05. The van der Waals surface area contributed by atoms with Crippen molar-refractivity contribution in [2.24, 2.45) is 35.3 Å². The molecule has 0 saturated carbocycles. The number of nitrogens with two attached hydrogens (primary N) is 1. The van der Waals surface area contributed by atoms with Gasteiger partial charge in [-0.25, -0.2) is 4.79 Å². The maximum Gasteiger partial charge on any atom is 0.326 e. The number of carboxylic acids is 1. The van der Waals surface area contributed by atoms with E-state index in [1.807, 2.05) is 27.7 Å². The number of nitrogens with one attached hydrogen (secondary N) is 7. The molecule has 7 amide bonds. The molecule has 0 unspecified atom stereocenters. The van der Waals surface area contributed by atoms with E-state index in [4.69, 9.17) is 5.73 Å². The van der Waals surface area contributed by atoms with Crippen LogP contribution in [0.5, 0.6) is 0 Å². The Bertz CT molecular complexity index is 1580. The summed E-state index contributed by atoms with van der Waals surface area (Å²) in [5.41, 5.74) is 6.62. The molecule has 1 aromatic rings. The molecule has 0 spiro atoms. The lowest BCUT2D eigenvalue weighted by Gasteiger charge is -2.30. The highest BCUT2D eigenvalue weighted by molar-refractivity contribution is 5.97. The molecule has 8 atom stereocenters. The summed E-state index contributed by atoms with van der Waals surface area (Å²) in [4.78, 5) is 105. The molecule has 0 saturated heterocycles. The van der Waals surface area contributed by atoms with Gasteiger partial charge in [-0.05, 0) is 61.8 Å². The third-order valence-electron chi connectivity index (χ3n) is 9.54. The zero-order valence-electron chi connectivity index (χ0n) is 36.8. The van der Waals surface area contributed by atoms with Crippen molar-refractivity contribution in [3.05, 3.63) is 35.9 Å². The van der Waals surface area contributed by atoms with Gasteiger partial charge in [-0.1, -0.05) is 99.6 Å². The third kappa shape index (κ3) is 18.2. The van der Waals surface area contributed by atoms with Crippen LogP contribution in [0.2, 0.25) is 0 Å². The van der Waals surface area contributed by atoms with Crippen molar-refractivity contribution in [2.75, 3.05) is 0 Å². The number of hydrogen-bond acceptors (Lipinski definition) is 9. The lowest BCUT2D eigenvalue weighted by molar-refractivity contribution is -0.142. The molecule has 17 heteroatoms. The normalized spacial score (nSPS) is 15.6. The van der Waals surface area contributed by atoms with Gasteiger partial charge in [-0.2, -0.15) is 0 Å². The number of carbonyl (C=O) groups excluding carboxylic acids is 7. The zero-order chi connectivity index (χ0) is 45.3. The lowest BCUT2D eigenvalue weighted by Crippen LogP contribution is -2.61. The molecule has 1 aromatic carbocycles. The van der Waals surface area contributed by atoms with Gasteiger partial charge in [0.25, 0.3) is 0 Å². The van der Waals surface area contributed by atoms with Crippen molar-refractivity contribution in [2.45, 2.75) is 151 Å². The molecule has 10 N–H and O–H groups in total. The first-order valence-corrected chi connectivity index (χ1v) is 20.5. The second-order valence-electron chi connectivity index (χ2n) is 17.2. The largest absolute Gasteiger partial charge is 0.480 e.